The number of aromatic nitrogens is 1. The van der Waals surface area contributed by atoms with Crippen LogP contribution in [0.3, 0.4) is 0 Å². The van der Waals surface area contributed by atoms with E-state index in [1.54, 1.807) is 0 Å². The molecule has 3 aromatic heterocycles. The number of rotatable bonds is 5. The minimum atomic E-state index is 0.866. The molecule has 3 heterocycles. The summed E-state index contributed by atoms with van der Waals surface area (Å²) in [7, 11) is 0. The third-order valence-electron chi connectivity index (χ3n) is 11.4. The van der Waals surface area contributed by atoms with Gasteiger partial charge in [-0.2, -0.15) is 0 Å². The molecular weight excluding hydrogens is 701 g/mol. The van der Waals surface area contributed by atoms with E-state index in [0.29, 0.717) is 0 Å². The Morgan fingerprint density at radius 3 is 1.93 bits per heavy atom. The average Bonchev–Trinajstić information content (AvgIpc) is 3.94. The van der Waals surface area contributed by atoms with Gasteiger partial charge in [0.05, 0.1) is 22.1 Å². The van der Waals surface area contributed by atoms with Gasteiger partial charge in [-0.25, -0.2) is 0 Å². The fraction of sp³-hybridized carbons (Fsp3) is 0. The van der Waals surface area contributed by atoms with Gasteiger partial charge in [0, 0.05) is 58.8 Å². The Morgan fingerprint density at radius 1 is 0.429 bits per heavy atom. The van der Waals surface area contributed by atoms with Gasteiger partial charge in [0.25, 0.3) is 0 Å². The zero-order valence-corrected chi connectivity index (χ0v) is 31.0. The van der Waals surface area contributed by atoms with Crippen molar-refractivity contribution in [2.75, 3.05) is 4.90 Å². The van der Waals surface area contributed by atoms with Crippen LogP contribution in [-0.2, 0) is 0 Å². The highest BCUT2D eigenvalue weighted by atomic mass is 32.1. The Bertz CT molecular complexity index is 3440. The predicted molar refractivity (Wildman–Crippen MR) is 239 cm³/mol. The molecule has 0 aliphatic rings. The van der Waals surface area contributed by atoms with E-state index >= 15 is 0 Å². The van der Waals surface area contributed by atoms with Crippen LogP contribution in [-0.4, -0.2) is 4.57 Å². The normalized spacial score (nSPS) is 11.9. The van der Waals surface area contributed by atoms with Crippen molar-refractivity contribution in [3.8, 4) is 16.8 Å². The first-order valence-corrected chi connectivity index (χ1v) is 19.8. The number of hydrogen-bond acceptors (Lipinski definition) is 3. The smallest absolute Gasteiger partial charge is 0.143 e. The molecule has 4 heteroatoms. The molecule has 0 spiro atoms. The molecule has 0 saturated heterocycles. The second-order valence-electron chi connectivity index (χ2n) is 14.5. The Morgan fingerprint density at radius 2 is 1.11 bits per heavy atom. The molecule has 262 valence electrons. The number of hydrogen-bond donors (Lipinski definition) is 0. The molecule has 0 amide bonds. The highest BCUT2D eigenvalue weighted by Gasteiger charge is 2.22. The monoisotopic (exact) mass is 732 g/mol. The standard InChI is InChI=1S/C52H32N2OS/c1-2-14-39-34(11-1)25-29-43-51-47(20-10-21-48(51)55-52(39)43)53(36-27-23-33(24-28-36)35-26-30-50-44(31-35)42-17-5-8-22-49(42)56-50)37-12-9-13-38(32-37)54-45-18-6-3-15-40(45)41-16-4-7-19-46(41)54/h1-32H. The van der Waals surface area contributed by atoms with Gasteiger partial charge in [-0.05, 0) is 95.4 Å². The number of nitrogens with zero attached hydrogens (tertiary/aromatic N) is 2. The van der Waals surface area contributed by atoms with Gasteiger partial charge in [0.1, 0.15) is 11.2 Å². The molecular formula is C52H32N2OS. The minimum Gasteiger partial charge on any atom is -0.455 e. The largest absolute Gasteiger partial charge is 0.455 e. The van der Waals surface area contributed by atoms with Gasteiger partial charge in [0.2, 0.25) is 0 Å². The molecule has 3 nitrogen and oxygen atoms in total. The maximum atomic E-state index is 6.71. The maximum Gasteiger partial charge on any atom is 0.143 e. The van der Waals surface area contributed by atoms with E-state index in [4.69, 9.17) is 4.42 Å². The molecule has 0 aliphatic carbocycles. The van der Waals surface area contributed by atoms with Crippen LogP contribution in [0.4, 0.5) is 17.1 Å². The molecule has 12 aromatic rings. The van der Waals surface area contributed by atoms with E-state index in [1.807, 2.05) is 11.3 Å². The van der Waals surface area contributed by atoms with Gasteiger partial charge >= 0.3 is 0 Å². The van der Waals surface area contributed by atoms with E-state index in [1.165, 1.54) is 58.5 Å². The summed E-state index contributed by atoms with van der Waals surface area (Å²) in [4.78, 5) is 2.39. The van der Waals surface area contributed by atoms with Gasteiger partial charge in [0.15, 0.2) is 0 Å². The summed E-state index contributed by atoms with van der Waals surface area (Å²) in [5, 5.41) is 9.59. The summed E-state index contributed by atoms with van der Waals surface area (Å²) < 4.78 is 11.7. The third-order valence-corrected chi connectivity index (χ3v) is 12.5. The van der Waals surface area contributed by atoms with Gasteiger partial charge in [-0.1, -0.05) is 115 Å². The van der Waals surface area contributed by atoms with Crippen LogP contribution in [0.2, 0.25) is 0 Å². The molecule has 0 aliphatic heterocycles. The number of benzene rings is 9. The molecule has 56 heavy (non-hydrogen) atoms. The molecule has 9 aromatic carbocycles. The zero-order chi connectivity index (χ0) is 36.7. The first kappa shape index (κ1) is 31.2. The molecule has 0 bridgehead atoms. The van der Waals surface area contributed by atoms with E-state index in [-0.39, 0.29) is 0 Å². The average molecular weight is 733 g/mol. The van der Waals surface area contributed by atoms with Crippen LogP contribution in [0.15, 0.2) is 199 Å². The maximum absolute atomic E-state index is 6.71. The van der Waals surface area contributed by atoms with Crippen molar-refractivity contribution in [1.82, 2.24) is 4.57 Å². The Kier molecular flexibility index (Phi) is 6.80. The predicted octanol–water partition coefficient (Wildman–Crippen LogP) is 15.3. The third kappa shape index (κ3) is 4.70. The minimum absolute atomic E-state index is 0.866. The summed E-state index contributed by atoms with van der Waals surface area (Å²) >= 11 is 1.85. The number of para-hydroxylation sites is 2. The van der Waals surface area contributed by atoms with Crippen LogP contribution in [0, 0.1) is 0 Å². The van der Waals surface area contributed by atoms with Crippen LogP contribution >= 0.6 is 11.3 Å². The molecule has 12 rings (SSSR count). The number of anilines is 3. The van der Waals surface area contributed by atoms with Gasteiger partial charge < -0.3 is 13.9 Å². The lowest BCUT2D eigenvalue weighted by molar-refractivity contribution is 0.672. The number of furan rings is 1. The Labute approximate surface area is 326 Å². The fourth-order valence-corrected chi connectivity index (χ4v) is 9.92. The SMILES string of the molecule is c1cc(N(c2ccc(-c3ccc4sc5ccccc5c4c3)cc2)c2cccc3oc4c5ccccc5ccc4c23)cc(-n2c3ccccc3c3ccccc32)c1. The van der Waals surface area contributed by atoms with E-state index < -0.39 is 0 Å². The van der Waals surface area contributed by atoms with E-state index in [0.717, 1.165) is 50.1 Å². The summed E-state index contributed by atoms with van der Waals surface area (Å²) in [6, 6.07) is 70.2. The molecule has 0 fully saturated rings. The summed E-state index contributed by atoms with van der Waals surface area (Å²) in [5.41, 5.74) is 10.8. The van der Waals surface area contributed by atoms with E-state index in [9.17, 15) is 0 Å². The second kappa shape index (κ2) is 12.2. The molecule has 0 saturated carbocycles. The first-order valence-electron chi connectivity index (χ1n) is 19.0. The highest BCUT2D eigenvalue weighted by molar-refractivity contribution is 7.25. The van der Waals surface area contributed by atoms with Crippen molar-refractivity contribution in [1.29, 1.82) is 0 Å². The first-order chi connectivity index (χ1) is 27.8. The van der Waals surface area contributed by atoms with E-state index in [2.05, 4.69) is 204 Å². The van der Waals surface area contributed by atoms with Crippen LogP contribution in [0.1, 0.15) is 0 Å². The van der Waals surface area contributed by atoms with Crippen molar-refractivity contribution in [2.45, 2.75) is 0 Å². The zero-order valence-electron chi connectivity index (χ0n) is 30.2. The van der Waals surface area contributed by atoms with Crippen molar-refractivity contribution >= 4 is 103 Å². The lowest BCUT2D eigenvalue weighted by Gasteiger charge is -2.27. The second-order valence-corrected chi connectivity index (χ2v) is 15.6. The quantitative estimate of drug-likeness (QED) is 0.176. The number of thiophene rings is 1. The lowest BCUT2D eigenvalue weighted by Crippen LogP contribution is -2.11. The van der Waals surface area contributed by atoms with Crippen molar-refractivity contribution < 1.29 is 4.42 Å². The highest BCUT2D eigenvalue weighted by Crippen LogP contribution is 2.45. The van der Waals surface area contributed by atoms with Crippen molar-refractivity contribution in [3.63, 3.8) is 0 Å². The molecule has 0 N–H and O–H groups in total. The fourth-order valence-electron chi connectivity index (χ4n) is 8.83. The topological polar surface area (TPSA) is 21.3 Å². The molecule has 0 unspecified atom stereocenters. The van der Waals surface area contributed by atoms with Gasteiger partial charge in [-0.3, -0.25) is 0 Å². The van der Waals surface area contributed by atoms with Crippen LogP contribution in [0.5, 0.6) is 0 Å². The van der Waals surface area contributed by atoms with Crippen LogP contribution in [0.25, 0.3) is 91.5 Å². The molecule has 0 atom stereocenters. The summed E-state index contributed by atoms with van der Waals surface area (Å²) in [6.45, 7) is 0. The summed E-state index contributed by atoms with van der Waals surface area (Å²) in [5.74, 6) is 0. The van der Waals surface area contributed by atoms with Crippen molar-refractivity contribution in [3.05, 3.63) is 194 Å². The van der Waals surface area contributed by atoms with Crippen LogP contribution < -0.4 is 4.90 Å². The van der Waals surface area contributed by atoms with Crippen molar-refractivity contribution in [2.24, 2.45) is 0 Å². The molecule has 0 radical (unpaired) electrons. The summed E-state index contributed by atoms with van der Waals surface area (Å²) in [6.07, 6.45) is 0. The van der Waals surface area contributed by atoms with Gasteiger partial charge in [-0.15, -0.1) is 11.3 Å². The number of fused-ring (bicyclic) bond motifs is 11. The lowest BCUT2D eigenvalue weighted by atomic mass is 10.0. The Hall–Kier alpha value is -7.14. The Balaban J connectivity index is 1.07.